The van der Waals surface area contributed by atoms with E-state index in [1.54, 1.807) is 0 Å². The van der Waals surface area contributed by atoms with E-state index in [1.807, 2.05) is 49.2 Å². The molecule has 0 bridgehead atoms. The number of aromatic nitrogens is 7. The fourth-order valence-electron chi connectivity index (χ4n) is 6.55. The van der Waals surface area contributed by atoms with Crippen molar-refractivity contribution in [2.45, 2.75) is 25.9 Å². The van der Waals surface area contributed by atoms with Gasteiger partial charge in [0.2, 0.25) is 11.9 Å². The second-order valence-electron chi connectivity index (χ2n) is 10.4. The van der Waals surface area contributed by atoms with Crippen LogP contribution < -0.4 is 0 Å². The molecule has 0 fully saturated rings. The van der Waals surface area contributed by atoms with Crippen LogP contribution in [-0.4, -0.2) is 33.2 Å². The number of aryl methyl sites for hydroxylation is 4. The first-order chi connectivity index (χ1) is 19.9. The van der Waals surface area contributed by atoms with Crippen molar-refractivity contribution in [1.29, 1.82) is 0 Å². The van der Waals surface area contributed by atoms with E-state index < -0.39 is 0 Å². The third-order valence-electron chi connectivity index (χ3n) is 8.29. The number of hydrogen-bond donors (Lipinski definition) is 0. The van der Waals surface area contributed by atoms with Crippen LogP contribution >= 0.6 is 0 Å². The molecule has 0 unspecified atom stereocenters. The molecule has 8 aromatic rings. The predicted molar refractivity (Wildman–Crippen MR) is 156 cm³/mol. The van der Waals surface area contributed by atoms with Gasteiger partial charge in [0.05, 0.1) is 0 Å². The topological polar surface area (TPSA) is 58.4 Å². The number of pyridine rings is 1. The van der Waals surface area contributed by atoms with Crippen molar-refractivity contribution in [3.63, 3.8) is 0 Å². The summed E-state index contributed by atoms with van der Waals surface area (Å²) in [6.07, 6.45) is 13.8. The fourth-order valence-corrected chi connectivity index (χ4v) is 6.55. The molecule has 2 aliphatic heterocycles. The number of rotatable bonds is 0. The SMILES string of the molecule is [Ir].[Ir].[c-]1cccc2c3cccc4c3n(c12)-c1nccn1CC4.[c-]1cccc2c3cncc4c3n(c12)-c1nccn1CC4. The molecule has 7 nitrogen and oxygen atoms in total. The summed E-state index contributed by atoms with van der Waals surface area (Å²) < 4.78 is 8.89. The van der Waals surface area contributed by atoms with Gasteiger partial charge in [0.25, 0.3) is 0 Å². The van der Waals surface area contributed by atoms with Gasteiger partial charge in [-0.25, -0.2) is 9.97 Å². The van der Waals surface area contributed by atoms with Gasteiger partial charge in [0.1, 0.15) is 0 Å². The van der Waals surface area contributed by atoms with Crippen LogP contribution in [0.3, 0.4) is 0 Å². The molecule has 10 rings (SSSR count). The molecule has 0 saturated heterocycles. The van der Waals surface area contributed by atoms with Crippen molar-refractivity contribution in [3.05, 3.63) is 115 Å². The largest absolute Gasteiger partial charge is 0.317 e. The molecular weight excluding hydrogens is 879 g/mol. The van der Waals surface area contributed by atoms with Crippen molar-refractivity contribution < 1.29 is 40.2 Å². The molecule has 0 atom stereocenters. The Morgan fingerprint density at radius 2 is 1.17 bits per heavy atom. The first-order valence-corrected chi connectivity index (χ1v) is 13.6. The third kappa shape index (κ3) is 3.81. The molecule has 0 aliphatic carbocycles. The minimum absolute atomic E-state index is 0. The number of nitrogens with zero attached hydrogens (tertiary/aromatic N) is 7. The van der Waals surface area contributed by atoms with Crippen molar-refractivity contribution in [1.82, 2.24) is 33.2 Å². The summed E-state index contributed by atoms with van der Waals surface area (Å²) in [7, 11) is 0. The second-order valence-corrected chi connectivity index (χ2v) is 10.4. The van der Waals surface area contributed by atoms with Crippen LogP contribution in [0.15, 0.2) is 91.8 Å². The molecule has 9 heteroatoms. The smallest absolute Gasteiger partial charge is 0.212 e. The number of para-hydroxylation sites is 3. The van der Waals surface area contributed by atoms with Crippen LogP contribution in [0.1, 0.15) is 11.1 Å². The standard InChI is InChI=1S/C17H12N3.C16H11N4.2Ir/c1-2-7-15-13(5-1)14-6-3-4-12-8-10-19-11-9-18-17(19)20(15)16(12)14;1-2-4-14-12(3-1)13-10-17-9-11-5-7-19-8-6-18-16(19)20(14)15(11)13;;/h1-6,9,11H,8,10H2;1-3,6,8-10H,5,7H2;;/q2*-1;;. The normalized spacial score (nSPS) is 13.0. The molecule has 0 spiro atoms. The minimum atomic E-state index is 0. The Morgan fingerprint density at radius 1 is 0.595 bits per heavy atom. The average molecular weight is 902 g/mol. The molecule has 2 aliphatic rings. The monoisotopic (exact) mass is 903 g/mol. The number of fused-ring (bicyclic) bond motifs is 10. The zero-order chi connectivity index (χ0) is 26.2. The van der Waals surface area contributed by atoms with Crippen molar-refractivity contribution in [2.24, 2.45) is 0 Å². The third-order valence-corrected chi connectivity index (χ3v) is 8.29. The van der Waals surface area contributed by atoms with E-state index in [9.17, 15) is 0 Å². The van der Waals surface area contributed by atoms with E-state index in [4.69, 9.17) is 0 Å². The predicted octanol–water partition coefficient (Wildman–Crippen LogP) is 6.06. The zero-order valence-corrected chi connectivity index (χ0v) is 27.1. The Morgan fingerprint density at radius 3 is 1.83 bits per heavy atom. The van der Waals surface area contributed by atoms with Gasteiger partial charge in [-0.3, -0.25) is 4.98 Å². The van der Waals surface area contributed by atoms with Gasteiger partial charge in [-0.2, -0.15) is 48.5 Å². The van der Waals surface area contributed by atoms with Gasteiger partial charge in [-0.05, 0) is 34.7 Å². The van der Waals surface area contributed by atoms with E-state index in [2.05, 4.69) is 87.9 Å². The van der Waals surface area contributed by atoms with Crippen LogP contribution in [0.4, 0.5) is 0 Å². The van der Waals surface area contributed by atoms with E-state index in [0.29, 0.717) is 0 Å². The van der Waals surface area contributed by atoms with Gasteiger partial charge < -0.3 is 18.3 Å². The van der Waals surface area contributed by atoms with E-state index in [0.717, 1.165) is 48.9 Å². The Balaban J connectivity index is 0.000000131. The first kappa shape index (κ1) is 27.0. The van der Waals surface area contributed by atoms with Crippen LogP contribution in [0.2, 0.25) is 0 Å². The van der Waals surface area contributed by atoms with Crippen LogP contribution in [0.25, 0.3) is 55.5 Å². The minimum Gasteiger partial charge on any atom is -0.317 e. The van der Waals surface area contributed by atoms with Gasteiger partial charge in [-0.15, -0.1) is 10.8 Å². The van der Waals surface area contributed by atoms with Gasteiger partial charge in [0, 0.05) is 102 Å². The Hall–Kier alpha value is -3.87. The van der Waals surface area contributed by atoms with Gasteiger partial charge >= 0.3 is 0 Å². The quantitative estimate of drug-likeness (QED) is 0.174. The maximum atomic E-state index is 4.57. The Labute approximate surface area is 268 Å². The molecule has 3 aromatic carbocycles. The molecule has 0 amide bonds. The van der Waals surface area contributed by atoms with E-state index >= 15 is 0 Å². The van der Waals surface area contributed by atoms with Crippen molar-refractivity contribution in [2.75, 3.05) is 0 Å². The van der Waals surface area contributed by atoms with E-state index in [1.165, 1.54) is 43.7 Å². The summed E-state index contributed by atoms with van der Waals surface area (Å²) in [5, 5.41) is 4.92. The molecule has 5 aromatic heterocycles. The molecule has 210 valence electrons. The first-order valence-electron chi connectivity index (χ1n) is 13.6. The molecule has 42 heavy (non-hydrogen) atoms. The summed E-state index contributed by atoms with van der Waals surface area (Å²) in [6, 6.07) is 25.6. The Bertz CT molecular complexity index is 2090. The molecule has 0 N–H and O–H groups in total. The maximum Gasteiger partial charge on any atom is 0.212 e. The molecule has 0 saturated carbocycles. The molecular formula is C33H23Ir2N7-2. The van der Waals surface area contributed by atoms with E-state index in [-0.39, 0.29) is 40.2 Å². The summed E-state index contributed by atoms with van der Waals surface area (Å²) in [5.74, 6) is 1.97. The number of benzene rings is 3. The van der Waals surface area contributed by atoms with Crippen LogP contribution in [0.5, 0.6) is 0 Å². The van der Waals surface area contributed by atoms with Crippen LogP contribution in [0, 0.1) is 12.1 Å². The average Bonchev–Trinajstić information content (AvgIpc) is 3.75. The van der Waals surface area contributed by atoms with Gasteiger partial charge in [0.15, 0.2) is 0 Å². The molecule has 7 heterocycles. The summed E-state index contributed by atoms with van der Waals surface area (Å²) in [5.41, 5.74) is 7.36. The van der Waals surface area contributed by atoms with Crippen molar-refractivity contribution >= 4 is 43.6 Å². The Kier molecular flexibility index (Phi) is 6.71. The fraction of sp³-hybridized carbons (Fsp3) is 0.121. The second kappa shape index (κ2) is 10.4. The zero-order valence-electron chi connectivity index (χ0n) is 22.3. The summed E-state index contributed by atoms with van der Waals surface area (Å²) in [6.45, 7) is 1.91. The van der Waals surface area contributed by atoms with Crippen molar-refractivity contribution in [3.8, 4) is 11.9 Å². The summed E-state index contributed by atoms with van der Waals surface area (Å²) in [4.78, 5) is 13.5. The van der Waals surface area contributed by atoms with Crippen LogP contribution in [-0.2, 0) is 66.1 Å². The number of hydrogen-bond acceptors (Lipinski definition) is 3. The summed E-state index contributed by atoms with van der Waals surface area (Å²) >= 11 is 0. The maximum absolute atomic E-state index is 4.57. The van der Waals surface area contributed by atoms with Gasteiger partial charge in [-0.1, -0.05) is 29.2 Å². The number of imidazole rings is 2. The molecule has 2 radical (unpaired) electrons.